The summed E-state index contributed by atoms with van der Waals surface area (Å²) in [5.74, 6) is -0.643. The normalized spacial score (nSPS) is 10.5. The number of pyridine rings is 1. The first-order chi connectivity index (χ1) is 10.1. The van der Waals surface area contributed by atoms with Crippen molar-refractivity contribution in [3.63, 3.8) is 0 Å². The van der Waals surface area contributed by atoms with Crippen LogP contribution in [0, 0.1) is 0 Å². The summed E-state index contributed by atoms with van der Waals surface area (Å²) in [6.07, 6.45) is 4.64. The van der Waals surface area contributed by atoms with Gasteiger partial charge in [-0.15, -0.1) is 5.10 Å². The zero-order chi connectivity index (χ0) is 15.1. The summed E-state index contributed by atoms with van der Waals surface area (Å²) in [5, 5.41) is 11.7. The average molecular weight is 289 g/mol. The van der Waals surface area contributed by atoms with Gasteiger partial charge in [-0.2, -0.15) is 5.10 Å². The molecule has 21 heavy (non-hydrogen) atoms. The summed E-state index contributed by atoms with van der Waals surface area (Å²) < 4.78 is 0. The van der Waals surface area contributed by atoms with Crippen LogP contribution in [0.1, 0.15) is 5.56 Å². The van der Waals surface area contributed by atoms with Crippen molar-refractivity contribution >= 4 is 17.9 Å². The predicted molar refractivity (Wildman–Crippen MR) is 73.9 cm³/mol. The van der Waals surface area contributed by atoms with Crippen molar-refractivity contribution in [2.24, 2.45) is 5.10 Å². The molecule has 0 unspecified atom stereocenters. The maximum Gasteiger partial charge on any atom is 0.342 e. The third kappa shape index (κ3) is 4.38. The molecule has 2 aromatic rings. The number of aromatic amines is 2. The lowest BCUT2D eigenvalue weighted by molar-refractivity contribution is -0.119. The molecule has 0 bridgehead atoms. The summed E-state index contributed by atoms with van der Waals surface area (Å²) in [7, 11) is 0. The zero-order valence-electron chi connectivity index (χ0n) is 10.7. The second kappa shape index (κ2) is 6.75. The fourth-order valence-electron chi connectivity index (χ4n) is 1.30. The molecular formula is C11H11N7O3. The Balaban J connectivity index is 1.84. The van der Waals surface area contributed by atoms with E-state index in [0.717, 1.165) is 5.56 Å². The molecular weight excluding hydrogens is 278 g/mol. The summed E-state index contributed by atoms with van der Waals surface area (Å²) >= 11 is 0. The summed E-state index contributed by atoms with van der Waals surface area (Å²) in [5.41, 5.74) is 1.60. The summed E-state index contributed by atoms with van der Waals surface area (Å²) in [4.78, 5) is 39.3. The minimum atomic E-state index is -0.725. The number of hydrazone groups is 1. The van der Waals surface area contributed by atoms with Crippen LogP contribution in [0.5, 0.6) is 0 Å². The second-order valence-corrected chi connectivity index (χ2v) is 3.78. The first kappa shape index (κ1) is 14.1. The number of aromatic nitrogens is 4. The van der Waals surface area contributed by atoms with E-state index in [-0.39, 0.29) is 12.4 Å². The van der Waals surface area contributed by atoms with E-state index in [2.05, 4.69) is 25.9 Å². The highest BCUT2D eigenvalue weighted by atomic mass is 16.2. The van der Waals surface area contributed by atoms with Crippen molar-refractivity contribution < 1.29 is 4.79 Å². The number of carbonyl (C=O) groups excluding carboxylic acids is 1. The Morgan fingerprint density at radius 1 is 1.33 bits per heavy atom. The number of nitrogens with zero attached hydrogens (tertiary/aromatic N) is 3. The highest BCUT2D eigenvalue weighted by molar-refractivity contribution is 5.83. The predicted octanol–water partition coefficient (Wildman–Crippen LogP) is -1.58. The lowest BCUT2D eigenvalue weighted by Gasteiger charge is -2.02. The molecule has 10 nitrogen and oxygen atoms in total. The van der Waals surface area contributed by atoms with E-state index < -0.39 is 17.2 Å². The Hall–Kier alpha value is -3.30. The van der Waals surface area contributed by atoms with Crippen LogP contribution in [-0.4, -0.2) is 38.8 Å². The molecule has 0 aromatic carbocycles. The van der Waals surface area contributed by atoms with Gasteiger partial charge in [0, 0.05) is 12.4 Å². The van der Waals surface area contributed by atoms with Crippen LogP contribution in [0.15, 0.2) is 39.2 Å². The Morgan fingerprint density at radius 2 is 2.10 bits per heavy atom. The van der Waals surface area contributed by atoms with Crippen LogP contribution < -0.4 is 22.0 Å². The molecule has 10 heteroatoms. The number of anilines is 1. The molecule has 0 aliphatic rings. The van der Waals surface area contributed by atoms with Gasteiger partial charge in [0.05, 0.1) is 12.8 Å². The van der Waals surface area contributed by atoms with Gasteiger partial charge in [-0.05, 0) is 17.7 Å². The van der Waals surface area contributed by atoms with Gasteiger partial charge in [-0.25, -0.2) is 15.3 Å². The lowest BCUT2D eigenvalue weighted by atomic mass is 10.3. The number of amides is 1. The van der Waals surface area contributed by atoms with E-state index in [1.54, 1.807) is 24.5 Å². The van der Waals surface area contributed by atoms with Gasteiger partial charge in [0.2, 0.25) is 5.82 Å². The van der Waals surface area contributed by atoms with Crippen LogP contribution in [0.2, 0.25) is 0 Å². The zero-order valence-corrected chi connectivity index (χ0v) is 10.7. The molecule has 0 aliphatic heterocycles. The van der Waals surface area contributed by atoms with E-state index in [0.29, 0.717) is 0 Å². The Kier molecular flexibility index (Phi) is 4.54. The van der Waals surface area contributed by atoms with Gasteiger partial charge in [0.25, 0.3) is 11.5 Å². The molecule has 0 saturated heterocycles. The van der Waals surface area contributed by atoms with Crippen LogP contribution in [0.3, 0.4) is 0 Å². The standard InChI is InChI=1S/C11H11N7O3/c19-8(16-14-5-7-1-3-12-4-2-7)6-13-9-10(20)15-11(21)18-17-9/h1-5H,6H2,(H,13,17)(H,16,19)(H2,15,18,20,21)/b14-5+. The number of rotatable bonds is 5. The van der Waals surface area contributed by atoms with Crippen molar-refractivity contribution in [2.45, 2.75) is 0 Å². The van der Waals surface area contributed by atoms with Crippen molar-refractivity contribution in [2.75, 3.05) is 11.9 Å². The number of hydrogen-bond donors (Lipinski definition) is 4. The molecule has 108 valence electrons. The van der Waals surface area contributed by atoms with Crippen molar-refractivity contribution in [3.05, 3.63) is 50.9 Å². The molecule has 0 spiro atoms. The van der Waals surface area contributed by atoms with Crippen LogP contribution in [-0.2, 0) is 4.79 Å². The molecule has 1 amide bonds. The first-order valence-electron chi connectivity index (χ1n) is 5.80. The monoisotopic (exact) mass is 289 g/mol. The molecule has 0 aliphatic carbocycles. The van der Waals surface area contributed by atoms with Crippen LogP contribution in [0.25, 0.3) is 0 Å². The quantitative estimate of drug-likeness (QED) is 0.386. The Morgan fingerprint density at radius 3 is 2.81 bits per heavy atom. The summed E-state index contributed by atoms with van der Waals surface area (Å²) in [6.45, 7) is -0.226. The SMILES string of the molecule is O=C(CNc1n[nH]c(=O)[nH]c1=O)N/N=C/c1ccncc1. The van der Waals surface area contributed by atoms with Crippen molar-refractivity contribution in [1.29, 1.82) is 0 Å². The third-order valence-corrected chi connectivity index (χ3v) is 2.24. The largest absolute Gasteiger partial charge is 0.355 e. The third-order valence-electron chi connectivity index (χ3n) is 2.24. The molecule has 2 aromatic heterocycles. The van der Waals surface area contributed by atoms with Crippen LogP contribution >= 0.6 is 0 Å². The first-order valence-corrected chi connectivity index (χ1v) is 5.80. The van der Waals surface area contributed by atoms with Gasteiger partial charge >= 0.3 is 5.69 Å². The van der Waals surface area contributed by atoms with E-state index in [1.807, 2.05) is 10.1 Å². The molecule has 0 atom stereocenters. The number of hydrogen-bond acceptors (Lipinski definition) is 7. The van der Waals surface area contributed by atoms with Gasteiger partial charge in [0.15, 0.2) is 0 Å². The Bertz CT molecular complexity index is 750. The number of H-pyrrole nitrogens is 2. The van der Waals surface area contributed by atoms with Gasteiger partial charge in [-0.1, -0.05) is 0 Å². The van der Waals surface area contributed by atoms with Crippen LogP contribution in [0.4, 0.5) is 5.82 Å². The molecule has 2 heterocycles. The van der Waals surface area contributed by atoms with Gasteiger partial charge < -0.3 is 5.32 Å². The topological polar surface area (TPSA) is 145 Å². The Labute approximate surface area is 117 Å². The number of nitrogens with one attached hydrogen (secondary N) is 4. The van der Waals surface area contributed by atoms with E-state index >= 15 is 0 Å². The van der Waals surface area contributed by atoms with Crippen molar-refractivity contribution in [3.8, 4) is 0 Å². The number of carbonyl (C=O) groups is 1. The second-order valence-electron chi connectivity index (χ2n) is 3.78. The lowest BCUT2D eigenvalue weighted by Crippen LogP contribution is -2.31. The highest BCUT2D eigenvalue weighted by Crippen LogP contribution is 1.90. The maximum atomic E-state index is 11.5. The maximum absolute atomic E-state index is 11.5. The van der Waals surface area contributed by atoms with E-state index in [9.17, 15) is 14.4 Å². The fourth-order valence-corrected chi connectivity index (χ4v) is 1.30. The van der Waals surface area contributed by atoms with E-state index in [4.69, 9.17) is 0 Å². The molecule has 0 radical (unpaired) electrons. The minimum absolute atomic E-state index is 0.164. The van der Waals surface area contributed by atoms with Gasteiger partial charge in [-0.3, -0.25) is 19.6 Å². The molecule has 0 fully saturated rings. The molecule has 2 rings (SSSR count). The fraction of sp³-hybridized carbons (Fsp3) is 0.0909. The van der Waals surface area contributed by atoms with E-state index in [1.165, 1.54) is 6.21 Å². The average Bonchev–Trinajstić information content (AvgIpc) is 2.47. The molecule has 4 N–H and O–H groups in total. The summed E-state index contributed by atoms with van der Waals surface area (Å²) in [6, 6.07) is 3.44. The highest BCUT2D eigenvalue weighted by Gasteiger charge is 2.04. The van der Waals surface area contributed by atoms with Crippen molar-refractivity contribution in [1.82, 2.24) is 25.6 Å². The molecule has 0 saturated carbocycles. The smallest absolute Gasteiger partial charge is 0.342 e. The van der Waals surface area contributed by atoms with Gasteiger partial charge in [0.1, 0.15) is 0 Å². The minimum Gasteiger partial charge on any atom is -0.355 e.